The lowest BCUT2D eigenvalue weighted by Gasteiger charge is -2.20. The highest BCUT2D eigenvalue weighted by molar-refractivity contribution is 7.26. The van der Waals surface area contributed by atoms with E-state index in [4.69, 9.17) is 9.47 Å². The van der Waals surface area contributed by atoms with Crippen LogP contribution < -0.4 is 14.4 Å². The molecule has 3 aromatic heterocycles. The van der Waals surface area contributed by atoms with Gasteiger partial charge in [-0.05, 0) is 30.3 Å². The summed E-state index contributed by atoms with van der Waals surface area (Å²) in [7, 11) is 2.09. The summed E-state index contributed by atoms with van der Waals surface area (Å²) in [5.74, 6) is 2.80. The Balaban J connectivity index is 1.29. The van der Waals surface area contributed by atoms with Gasteiger partial charge in [0.05, 0.1) is 21.8 Å². The van der Waals surface area contributed by atoms with Gasteiger partial charge >= 0.3 is 0 Å². The van der Waals surface area contributed by atoms with Crippen LogP contribution in [0.5, 0.6) is 23.1 Å². The van der Waals surface area contributed by atoms with Crippen LogP contribution in [0.25, 0.3) is 40.3 Å². The van der Waals surface area contributed by atoms with Gasteiger partial charge in [-0.1, -0.05) is 42.5 Å². The van der Waals surface area contributed by atoms with Gasteiger partial charge in [0.1, 0.15) is 11.5 Å². The predicted octanol–water partition coefficient (Wildman–Crippen LogP) is 9.58. The number of anilines is 1. The zero-order chi connectivity index (χ0) is 26.6. The summed E-state index contributed by atoms with van der Waals surface area (Å²) in [5, 5.41) is 4.73. The van der Waals surface area contributed by atoms with E-state index in [0.717, 1.165) is 39.7 Å². The summed E-state index contributed by atoms with van der Waals surface area (Å²) < 4.78 is 17.8. The largest absolute Gasteiger partial charge is 0.457 e. The molecule has 1 aliphatic heterocycles. The lowest BCUT2D eigenvalue weighted by molar-refractivity contribution is 0.454. The molecule has 7 heteroatoms. The predicted molar refractivity (Wildman–Crippen MR) is 167 cm³/mol. The third-order valence-corrected chi connectivity index (χ3v) is 9.53. The van der Waals surface area contributed by atoms with Gasteiger partial charge in [-0.3, -0.25) is 0 Å². The first-order chi connectivity index (χ1) is 19.7. The molecular formula is C33H23N3O2S2. The van der Waals surface area contributed by atoms with Crippen molar-refractivity contribution in [3.05, 3.63) is 110 Å². The first-order valence-corrected chi connectivity index (χ1v) is 14.7. The molecule has 0 fully saturated rings. The Labute approximate surface area is 238 Å². The van der Waals surface area contributed by atoms with Crippen molar-refractivity contribution in [2.24, 2.45) is 0 Å². The van der Waals surface area contributed by atoms with Crippen LogP contribution in [0.4, 0.5) is 5.69 Å². The molecule has 40 heavy (non-hydrogen) atoms. The Morgan fingerprint density at radius 3 is 2.05 bits per heavy atom. The van der Waals surface area contributed by atoms with Crippen LogP contribution in [-0.2, 0) is 0 Å². The van der Waals surface area contributed by atoms with Crippen LogP contribution in [0, 0.1) is 0 Å². The summed E-state index contributed by atoms with van der Waals surface area (Å²) in [5.41, 5.74) is 1.14. The molecule has 7 aromatic rings. The highest BCUT2D eigenvalue weighted by Gasteiger charge is 2.20. The zero-order valence-electron chi connectivity index (χ0n) is 21.6. The molecule has 194 valence electrons. The smallest absolute Gasteiger partial charge is 0.219 e. The molecule has 0 saturated carbocycles. The molecule has 8 rings (SSSR count). The van der Waals surface area contributed by atoms with E-state index in [0.29, 0.717) is 5.88 Å². The number of pyridine rings is 1. The van der Waals surface area contributed by atoms with Crippen molar-refractivity contribution in [2.45, 2.75) is 0 Å². The van der Waals surface area contributed by atoms with Crippen molar-refractivity contribution >= 4 is 68.7 Å². The first kappa shape index (κ1) is 23.3. The number of rotatable bonds is 5. The monoisotopic (exact) mass is 557 g/mol. The molecule has 0 saturated heterocycles. The van der Waals surface area contributed by atoms with E-state index in [9.17, 15) is 0 Å². The quantitative estimate of drug-likeness (QED) is 0.211. The molecule has 0 unspecified atom stereocenters. The molecule has 1 aliphatic rings. The highest BCUT2D eigenvalue weighted by Crippen LogP contribution is 2.46. The molecule has 5 nitrogen and oxygen atoms in total. The maximum atomic E-state index is 6.68. The Hall–Kier alpha value is -4.59. The Morgan fingerprint density at radius 1 is 0.675 bits per heavy atom. The average molecular weight is 558 g/mol. The summed E-state index contributed by atoms with van der Waals surface area (Å²) in [6, 6.07) is 31.1. The Bertz CT molecular complexity index is 2080. The van der Waals surface area contributed by atoms with Gasteiger partial charge in [-0.2, -0.15) is 0 Å². The van der Waals surface area contributed by atoms with Crippen LogP contribution in [0.15, 0.2) is 110 Å². The van der Waals surface area contributed by atoms with Gasteiger partial charge in [0.25, 0.3) is 0 Å². The van der Waals surface area contributed by atoms with Crippen LogP contribution >= 0.6 is 22.7 Å². The van der Waals surface area contributed by atoms with Crippen molar-refractivity contribution in [1.82, 2.24) is 9.88 Å². The van der Waals surface area contributed by atoms with E-state index >= 15 is 0 Å². The fourth-order valence-corrected chi connectivity index (χ4v) is 7.65. The average Bonchev–Trinajstić information content (AvgIpc) is 3.69. The number of hydrogen-bond donors (Lipinski definition) is 0. The number of hydrogen-bond acceptors (Lipinski definition) is 7. The molecule has 0 radical (unpaired) electrons. The minimum atomic E-state index is 0.553. The second-order valence-corrected chi connectivity index (χ2v) is 12.0. The van der Waals surface area contributed by atoms with E-state index in [2.05, 4.69) is 101 Å². The fraction of sp³-hybridized carbons (Fsp3) is 0.0606. The summed E-state index contributed by atoms with van der Waals surface area (Å²) in [6.07, 6.45) is 5.97. The van der Waals surface area contributed by atoms with E-state index in [1.54, 1.807) is 17.5 Å². The summed E-state index contributed by atoms with van der Waals surface area (Å²) >= 11 is 3.54. The standard InChI is InChI=1S/C33H23N3O2S2/c1-35-14-15-36(20-35)27-18-21(16-25-23-8-2-4-10-29(23)39-32(25)27)37-22-17-26-24-9-3-5-11-30(24)40-33(26)28(19-22)38-31-12-6-7-13-34-31/h2-19H,20H2,1H3. The molecule has 4 heterocycles. The second-order valence-electron chi connectivity index (χ2n) is 9.85. The van der Waals surface area contributed by atoms with Gasteiger partial charge in [0.2, 0.25) is 5.88 Å². The molecule has 4 aromatic carbocycles. The number of benzene rings is 4. The van der Waals surface area contributed by atoms with E-state index in [-0.39, 0.29) is 0 Å². The van der Waals surface area contributed by atoms with E-state index in [1.807, 2.05) is 35.6 Å². The fourth-order valence-electron chi connectivity index (χ4n) is 5.30. The Morgan fingerprint density at radius 2 is 1.35 bits per heavy atom. The maximum Gasteiger partial charge on any atom is 0.219 e. The zero-order valence-corrected chi connectivity index (χ0v) is 23.2. The third kappa shape index (κ3) is 3.94. The SMILES string of the molecule is CN1C=CN(c2cc(Oc3cc(Oc4ccccn4)c4sc5ccccc5c4c3)cc3c2sc2ccccc23)C1. The summed E-state index contributed by atoms with van der Waals surface area (Å²) in [6.45, 7) is 0.793. The number of fused-ring (bicyclic) bond motifs is 6. The topological polar surface area (TPSA) is 37.8 Å². The van der Waals surface area contributed by atoms with Crippen molar-refractivity contribution in [1.29, 1.82) is 0 Å². The second kappa shape index (κ2) is 9.26. The number of ether oxygens (including phenoxy) is 2. The normalized spacial score (nSPS) is 13.3. The molecular weight excluding hydrogens is 535 g/mol. The third-order valence-electron chi connectivity index (χ3n) is 7.12. The van der Waals surface area contributed by atoms with Crippen molar-refractivity contribution in [2.75, 3.05) is 18.6 Å². The molecule has 0 atom stereocenters. The summed E-state index contributed by atoms with van der Waals surface area (Å²) in [4.78, 5) is 8.84. The minimum absolute atomic E-state index is 0.553. The minimum Gasteiger partial charge on any atom is -0.457 e. The van der Waals surface area contributed by atoms with Gasteiger partial charge in [-0.25, -0.2) is 4.98 Å². The molecule has 0 N–H and O–H groups in total. The van der Waals surface area contributed by atoms with Gasteiger partial charge in [-0.15, -0.1) is 22.7 Å². The van der Waals surface area contributed by atoms with Gasteiger partial charge in [0, 0.05) is 74.8 Å². The number of thiophene rings is 2. The molecule has 0 bridgehead atoms. The van der Waals surface area contributed by atoms with Crippen molar-refractivity contribution in [3.63, 3.8) is 0 Å². The van der Waals surface area contributed by atoms with Crippen LogP contribution in [-0.4, -0.2) is 23.6 Å². The highest BCUT2D eigenvalue weighted by atomic mass is 32.1. The molecule has 0 spiro atoms. The van der Waals surface area contributed by atoms with Crippen molar-refractivity contribution in [3.8, 4) is 23.1 Å². The van der Waals surface area contributed by atoms with Gasteiger partial charge < -0.3 is 19.3 Å². The van der Waals surface area contributed by atoms with Crippen LogP contribution in [0.1, 0.15) is 0 Å². The maximum absolute atomic E-state index is 6.68. The lowest BCUT2D eigenvalue weighted by atomic mass is 10.1. The van der Waals surface area contributed by atoms with Gasteiger partial charge in [0.15, 0.2) is 5.75 Å². The van der Waals surface area contributed by atoms with E-state index in [1.165, 1.54) is 30.3 Å². The van der Waals surface area contributed by atoms with Crippen LogP contribution in [0.2, 0.25) is 0 Å². The van der Waals surface area contributed by atoms with Crippen LogP contribution in [0.3, 0.4) is 0 Å². The number of nitrogens with zero attached hydrogens (tertiary/aromatic N) is 3. The molecule has 0 amide bonds. The lowest BCUT2D eigenvalue weighted by Crippen LogP contribution is -2.21. The molecule has 0 aliphatic carbocycles. The first-order valence-electron chi connectivity index (χ1n) is 13.0. The van der Waals surface area contributed by atoms with E-state index < -0.39 is 0 Å². The Kier molecular flexibility index (Phi) is 5.40. The van der Waals surface area contributed by atoms with Crippen molar-refractivity contribution < 1.29 is 9.47 Å². The number of aromatic nitrogens is 1.